The maximum Gasteiger partial charge on any atom is 0.0723 e. The van der Waals surface area contributed by atoms with Crippen LogP contribution >= 0.6 is 15.9 Å². The van der Waals surface area contributed by atoms with Crippen LogP contribution in [0, 0.1) is 0 Å². The molecule has 3 nitrogen and oxygen atoms in total. The van der Waals surface area contributed by atoms with Gasteiger partial charge in [-0.3, -0.25) is 4.98 Å². The van der Waals surface area contributed by atoms with Crippen LogP contribution in [0.2, 0.25) is 0 Å². The topological polar surface area (TPSA) is 25.4 Å². The quantitative estimate of drug-likeness (QED) is 0.784. The van der Waals surface area contributed by atoms with Gasteiger partial charge in [-0.15, -0.1) is 0 Å². The summed E-state index contributed by atoms with van der Waals surface area (Å²) in [7, 11) is 0. The highest BCUT2D eigenvalue weighted by Gasteiger charge is 2.24. The van der Waals surface area contributed by atoms with E-state index in [0.29, 0.717) is 12.1 Å². The Morgan fingerprint density at radius 2 is 2.33 bits per heavy atom. The molecule has 0 saturated carbocycles. The highest BCUT2D eigenvalue weighted by molar-refractivity contribution is 9.10. The van der Waals surface area contributed by atoms with E-state index >= 15 is 0 Å². The molecule has 0 aromatic carbocycles. The second-order valence-corrected chi connectivity index (χ2v) is 4.83. The van der Waals surface area contributed by atoms with E-state index < -0.39 is 0 Å². The van der Waals surface area contributed by atoms with E-state index in [4.69, 9.17) is 4.74 Å². The first-order chi connectivity index (χ1) is 7.18. The van der Waals surface area contributed by atoms with Crippen LogP contribution in [0.25, 0.3) is 0 Å². The Labute approximate surface area is 98.6 Å². The minimum Gasteiger partial charge on any atom is -0.375 e. The molecule has 2 heterocycles. The first kappa shape index (κ1) is 10.9. The van der Waals surface area contributed by atoms with Crippen molar-refractivity contribution in [3.05, 3.63) is 22.9 Å². The van der Waals surface area contributed by atoms with E-state index in [1.165, 1.54) is 5.69 Å². The van der Waals surface area contributed by atoms with E-state index in [9.17, 15) is 0 Å². The van der Waals surface area contributed by atoms with Crippen molar-refractivity contribution in [2.24, 2.45) is 0 Å². The number of hydrogen-bond donors (Lipinski definition) is 0. The predicted octanol–water partition coefficient (Wildman–Crippen LogP) is 2.46. The third kappa shape index (κ3) is 2.32. The molecule has 1 aromatic rings. The number of hydrogen-bond acceptors (Lipinski definition) is 3. The van der Waals surface area contributed by atoms with Crippen molar-refractivity contribution in [1.29, 1.82) is 0 Å². The molecule has 0 radical (unpaired) electrons. The minimum atomic E-state index is 0.293. The van der Waals surface area contributed by atoms with Gasteiger partial charge in [-0.25, -0.2) is 0 Å². The van der Waals surface area contributed by atoms with Gasteiger partial charge in [-0.1, -0.05) is 0 Å². The lowest BCUT2D eigenvalue weighted by atomic mass is 10.2. The van der Waals surface area contributed by atoms with Gasteiger partial charge in [-0.2, -0.15) is 0 Å². The molecule has 4 heteroatoms. The molecule has 15 heavy (non-hydrogen) atoms. The van der Waals surface area contributed by atoms with Gasteiger partial charge < -0.3 is 9.64 Å². The molecule has 0 N–H and O–H groups in total. The van der Waals surface area contributed by atoms with Crippen LogP contribution in [0.1, 0.15) is 13.8 Å². The van der Waals surface area contributed by atoms with E-state index in [1.54, 1.807) is 0 Å². The van der Waals surface area contributed by atoms with E-state index in [1.807, 2.05) is 18.5 Å². The highest BCUT2D eigenvalue weighted by atomic mass is 79.9. The molecular weight excluding hydrogens is 256 g/mol. The Morgan fingerprint density at radius 3 is 3.07 bits per heavy atom. The minimum absolute atomic E-state index is 0.293. The summed E-state index contributed by atoms with van der Waals surface area (Å²) < 4.78 is 6.66. The van der Waals surface area contributed by atoms with Crippen LogP contribution in [-0.4, -0.2) is 30.3 Å². The lowest BCUT2D eigenvalue weighted by molar-refractivity contribution is 0.0343. The van der Waals surface area contributed by atoms with Crippen molar-refractivity contribution in [3.63, 3.8) is 0 Å². The number of morpholine rings is 1. The number of aromatic nitrogens is 1. The third-order valence-corrected chi connectivity index (χ3v) is 3.28. The lowest BCUT2D eigenvalue weighted by Crippen LogP contribution is -2.47. The summed E-state index contributed by atoms with van der Waals surface area (Å²) in [5, 5.41) is 0. The van der Waals surface area contributed by atoms with Crippen LogP contribution in [0.5, 0.6) is 0 Å². The largest absolute Gasteiger partial charge is 0.375 e. The molecule has 0 amide bonds. The summed E-state index contributed by atoms with van der Waals surface area (Å²) in [6, 6.07) is 2.46. The summed E-state index contributed by atoms with van der Waals surface area (Å²) in [5.74, 6) is 0. The summed E-state index contributed by atoms with van der Waals surface area (Å²) in [6.07, 6.45) is 3.95. The first-order valence-corrected chi connectivity index (χ1v) is 5.95. The van der Waals surface area contributed by atoms with E-state index in [2.05, 4.69) is 39.7 Å². The second kappa shape index (κ2) is 4.49. The molecule has 0 bridgehead atoms. The fourth-order valence-electron chi connectivity index (χ4n) is 1.84. The zero-order valence-electron chi connectivity index (χ0n) is 8.98. The molecule has 2 unspecified atom stereocenters. The Hall–Kier alpha value is -0.610. The van der Waals surface area contributed by atoms with Crippen LogP contribution in [0.3, 0.4) is 0 Å². The SMILES string of the molecule is CC1CN(c2ccncc2Br)C(C)CO1. The van der Waals surface area contributed by atoms with Gasteiger partial charge in [-0.05, 0) is 35.8 Å². The summed E-state index contributed by atoms with van der Waals surface area (Å²) >= 11 is 3.53. The molecule has 82 valence electrons. The molecule has 1 saturated heterocycles. The molecule has 2 rings (SSSR count). The summed E-state index contributed by atoms with van der Waals surface area (Å²) in [5.41, 5.74) is 1.20. The number of nitrogens with zero attached hydrogens (tertiary/aromatic N) is 2. The van der Waals surface area contributed by atoms with Crippen molar-refractivity contribution in [1.82, 2.24) is 4.98 Å². The average molecular weight is 271 g/mol. The Balaban J connectivity index is 2.25. The van der Waals surface area contributed by atoms with Gasteiger partial charge in [0.05, 0.1) is 22.9 Å². The third-order valence-electron chi connectivity index (χ3n) is 2.67. The molecule has 1 aromatic heterocycles. The van der Waals surface area contributed by atoms with E-state index in [0.717, 1.165) is 17.6 Å². The number of pyridine rings is 1. The van der Waals surface area contributed by atoms with Gasteiger partial charge in [0.2, 0.25) is 0 Å². The van der Waals surface area contributed by atoms with E-state index in [-0.39, 0.29) is 0 Å². The van der Waals surface area contributed by atoms with Crippen molar-refractivity contribution in [3.8, 4) is 0 Å². The highest BCUT2D eigenvalue weighted by Crippen LogP contribution is 2.28. The normalized spacial score (nSPS) is 26.7. The maximum absolute atomic E-state index is 5.61. The molecule has 1 aliphatic rings. The maximum atomic E-state index is 5.61. The zero-order valence-corrected chi connectivity index (χ0v) is 10.6. The summed E-state index contributed by atoms with van der Waals surface area (Å²) in [6.45, 7) is 6.01. The molecule has 0 spiro atoms. The number of anilines is 1. The fraction of sp³-hybridized carbons (Fsp3) is 0.545. The number of ether oxygens (including phenoxy) is 1. The molecule has 2 atom stereocenters. The number of halogens is 1. The van der Waals surface area contributed by atoms with Gasteiger partial charge in [0.15, 0.2) is 0 Å². The first-order valence-electron chi connectivity index (χ1n) is 5.16. The monoisotopic (exact) mass is 270 g/mol. The molecule has 1 aliphatic heterocycles. The Kier molecular flexibility index (Phi) is 3.26. The van der Waals surface area contributed by atoms with Crippen LogP contribution in [0.15, 0.2) is 22.9 Å². The molecular formula is C11H15BrN2O. The molecule has 0 aliphatic carbocycles. The Morgan fingerprint density at radius 1 is 1.53 bits per heavy atom. The predicted molar refractivity (Wildman–Crippen MR) is 64.2 cm³/mol. The standard InChI is InChI=1S/C11H15BrN2O/c1-8-7-15-9(2)6-14(8)11-3-4-13-5-10(11)12/h3-5,8-9H,6-7H2,1-2H3. The summed E-state index contributed by atoms with van der Waals surface area (Å²) in [4.78, 5) is 6.44. The van der Waals surface area contributed by atoms with Crippen molar-refractivity contribution in [2.75, 3.05) is 18.1 Å². The number of rotatable bonds is 1. The van der Waals surface area contributed by atoms with Crippen LogP contribution < -0.4 is 4.90 Å². The van der Waals surface area contributed by atoms with Crippen molar-refractivity contribution in [2.45, 2.75) is 26.0 Å². The van der Waals surface area contributed by atoms with Gasteiger partial charge in [0.25, 0.3) is 0 Å². The van der Waals surface area contributed by atoms with Crippen LogP contribution in [-0.2, 0) is 4.74 Å². The van der Waals surface area contributed by atoms with Crippen molar-refractivity contribution >= 4 is 21.6 Å². The van der Waals surface area contributed by atoms with Gasteiger partial charge in [0.1, 0.15) is 0 Å². The smallest absolute Gasteiger partial charge is 0.0723 e. The van der Waals surface area contributed by atoms with Crippen molar-refractivity contribution < 1.29 is 4.74 Å². The van der Waals surface area contributed by atoms with Crippen LogP contribution in [0.4, 0.5) is 5.69 Å². The zero-order chi connectivity index (χ0) is 10.8. The average Bonchev–Trinajstić information content (AvgIpc) is 2.23. The fourth-order valence-corrected chi connectivity index (χ4v) is 2.32. The second-order valence-electron chi connectivity index (χ2n) is 3.97. The van der Waals surface area contributed by atoms with Gasteiger partial charge in [0, 0.05) is 25.0 Å². The lowest BCUT2D eigenvalue weighted by Gasteiger charge is -2.38. The van der Waals surface area contributed by atoms with Gasteiger partial charge >= 0.3 is 0 Å². The molecule has 1 fully saturated rings. The Bertz CT molecular complexity index is 345.